The summed E-state index contributed by atoms with van der Waals surface area (Å²) in [6.07, 6.45) is 0. The lowest BCUT2D eigenvalue weighted by Crippen LogP contribution is -2.46. The van der Waals surface area contributed by atoms with E-state index in [1.807, 2.05) is 0 Å². The molecule has 1 aromatic rings. The minimum absolute atomic E-state index is 0.359. The Bertz CT molecular complexity index is 468. The fraction of sp³-hybridized carbons (Fsp3) is 0.273. The molecule has 1 rings (SSSR count). The van der Waals surface area contributed by atoms with E-state index in [4.69, 9.17) is 5.11 Å². The highest BCUT2D eigenvalue weighted by Gasteiger charge is 2.30. The number of aliphatic carboxylic acids is 1. The molecule has 0 bridgehead atoms. The highest BCUT2D eigenvalue weighted by molar-refractivity contribution is 9.11. The molecule has 0 saturated carbocycles. The molecule has 0 aliphatic heterocycles. The molecule has 0 aliphatic rings. The number of carbonyl (C=O) groups excluding carboxylic acids is 1. The standard InChI is InChI=1S/C11H11Br2NO4/c1-11(18,10(16)17)5-14-9(15)6-2-7(12)4-8(13)3-6/h2-4,18H,5H2,1H3,(H,14,15)(H,16,17). The molecule has 1 amide bonds. The summed E-state index contributed by atoms with van der Waals surface area (Å²) in [5, 5.41) is 20.5. The Morgan fingerprint density at radius 3 is 2.22 bits per heavy atom. The van der Waals surface area contributed by atoms with E-state index in [0.29, 0.717) is 14.5 Å². The third-order valence-corrected chi connectivity index (χ3v) is 3.09. The molecule has 3 N–H and O–H groups in total. The van der Waals surface area contributed by atoms with Crippen LogP contribution in [0.5, 0.6) is 0 Å². The largest absolute Gasteiger partial charge is 0.479 e. The number of carboxylic acid groups (broad SMARTS) is 1. The fourth-order valence-electron chi connectivity index (χ4n) is 1.11. The Kier molecular flexibility index (Phi) is 4.89. The zero-order chi connectivity index (χ0) is 13.9. The van der Waals surface area contributed by atoms with Gasteiger partial charge in [0.1, 0.15) is 0 Å². The molecule has 1 unspecified atom stereocenters. The van der Waals surface area contributed by atoms with Crippen molar-refractivity contribution in [2.45, 2.75) is 12.5 Å². The predicted molar refractivity (Wildman–Crippen MR) is 72.4 cm³/mol. The monoisotopic (exact) mass is 379 g/mol. The molecule has 0 fully saturated rings. The summed E-state index contributed by atoms with van der Waals surface area (Å²) in [5.74, 6) is -1.85. The first kappa shape index (κ1) is 15.1. The normalized spacial score (nSPS) is 13.8. The Balaban J connectivity index is 2.75. The Labute approximate surface area is 120 Å². The van der Waals surface area contributed by atoms with Crippen molar-refractivity contribution in [2.24, 2.45) is 0 Å². The molecule has 1 aromatic carbocycles. The third kappa shape index (κ3) is 4.08. The number of benzene rings is 1. The zero-order valence-electron chi connectivity index (χ0n) is 9.41. The SMILES string of the molecule is CC(O)(CNC(=O)c1cc(Br)cc(Br)c1)C(=O)O. The molecule has 18 heavy (non-hydrogen) atoms. The van der Waals surface area contributed by atoms with Crippen molar-refractivity contribution >= 4 is 43.7 Å². The van der Waals surface area contributed by atoms with Crippen LogP contribution >= 0.6 is 31.9 Å². The molecule has 0 radical (unpaired) electrons. The summed E-state index contributed by atoms with van der Waals surface area (Å²) < 4.78 is 1.43. The van der Waals surface area contributed by atoms with Crippen molar-refractivity contribution in [1.29, 1.82) is 0 Å². The second kappa shape index (κ2) is 5.81. The summed E-state index contributed by atoms with van der Waals surface area (Å²) in [7, 11) is 0. The molecule has 98 valence electrons. The molecule has 5 nitrogen and oxygen atoms in total. The predicted octanol–water partition coefficient (Wildman–Crippen LogP) is 1.78. The second-order valence-electron chi connectivity index (χ2n) is 3.92. The number of aliphatic hydroxyl groups is 1. The number of amides is 1. The van der Waals surface area contributed by atoms with E-state index in [1.165, 1.54) is 0 Å². The van der Waals surface area contributed by atoms with Gasteiger partial charge in [0.05, 0.1) is 6.54 Å². The van der Waals surface area contributed by atoms with Crippen LogP contribution in [-0.4, -0.2) is 34.2 Å². The van der Waals surface area contributed by atoms with E-state index in [0.717, 1.165) is 6.92 Å². The van der Waals surface area contributed by atoms with Gasteiger partial charge in [-0.2, -0.15) is 0 Å². The lowest BCUT2D eigenvalue weighted by Gasteiger charge is -2.18. The Morgan fingerprint density at radius 1 is 1.28 bits per heavy atom. The highest BCUT2D eigenvalue weighted by atomic mass is 79.9. The molecule has 0 saturated heterocycles. The first-order valence-electron chi connectivity index (χ1n) is 4.92. The van der Waals surface area contributed by atoms with Crippen LogP contribution in [-0.2, 0) is 4.79 Å². The van der Waals surface area contributed by atoms with Gasteiger partial charge in [-0.25, -0.2) is 4.79 Å². The van der Waals surface area contributed by atoms with E-state index >= 15 is 0 Å². The number of hydrogen-bond acceptors (Lipinski definition) is 3. The fourth-order valence-corrected chi connectivity index (χ4v) is 2.41. The lowest BCUT2D eigenvalue weighted by molar-refractivity contribution is -0.155. The minimum Gasteiger partial charge on any atom is -0.479 e. The second-order valence-corrected chi connectivity index (χ2v) is 5.75. The van der Waals surface area contributed by atoms with Crippen LogP contribution in [0.15, 0.2) is 27.1 Å². The van der Waals surface area contributed by atoms with Crippen LogP contribution in [0, 0.1) is 0 Å². The smallest absolute Gasteiger partial charge is 0.337 e. The molecule has 0 aromatic heterocycles. The van der Waals surface area contributed by atoms with Crippen LogP contribution in [0.2, 0.25) is 0 Å². The summed E-state index contributed by atoms with van der Waals surface area (Å²) >= 11 is 6.48. The van der Waals surface area contributed by atoms with Gasteiger partial charge in [0, 0.05) is 14.5 Å². The van der Waals surface area contributed by atoms with Crippen LogP contribution in [0.1, 0.15) is 17.3 Å². The van der Waals surface area contributed by atoms with Crippen LogP contribution in [0.25, 0.3) is 0 Å². The number of carboxylic acids is 1. The van der Waals surface area contributed by atoms with Crippen molar-refractivity contribution in [1.82, 2.24) is 5.32 Å². The van der Waals surface area contributed by atoms with Crippen LogP contribution in [0.3, 0.4) is 0 Å². The number of carbonyl (C=O) groups is 2. The summed E-state index contributed by atoms with van der Waals surface area (Å²) in [4.78, 5) is 22.4. The maximum atomic E-state index is 11.8. The molecular weight excluding hydrogens is 370 g/mol. The number of rotatable bonds is 4. The topological polar surface area (TPSA) is 86.6 Å². The van der Waals surface area contributed by atoms with E-state index in [-0.39, 0.29) is 6.54 Å². The highest BCUT2D eigenvalue weighted by Crippen LogP contribution is 2.20. The maximum Gasteiger partial charge on any atom is 0.337 e. The van der Waals surface area contributed by atoms with Gasteiger partial charge in [-0.3, -0.25) is 4.79 Å². The first-order valence-corrected chi connectivity index (χ1v) is 6.51. The quantitative estimate of drug-likeness (QED) is 0.743. The number of hydrogen-bond donors (Lipinski definition) is 3. The molecule has 0 heterocycles. The van der Waals surface area contributed by atoms with Crippen molar-refractivity contribution < 1.29 is 19.8 Å². The molecular formula is C11H11Br2NO4. The van der Waals surface area contributed by atoms with Gasteiger partial charge in [-0.1, -0.05) is 31.9 Å². The van der Waals surface area contributed by atoms with Gasteiger partial charge in [0.15, 0.2) is 5.60 Å². The Hall–Kier alpha value is -0.920. The van der Waals surface area contributed by atoms with Crippen molar-refractivity contribution in [3.8, 4) is 0 Å². The van der Waals surface area contributed by atoms with Crippen molar-refractivity contribution in [3.63, 3.8) is 0 Å². The molecule has 0 spiro atoms. The zero-order valence-corrected chi connectivity index (χ0v) is 12.6. The summed E-state index contributed by atoms with van der Waals surface area (Å²) in [5.41, 5.74) is -1.63. The van der Waals surface area contributed by atoms with E-state index < -0.39 is 17.5 Å². The van der Waals surface area contributed by atoms with E-state index in [9.17, 15) is 14.7 Å². The first-order chi connectivity index (χ1) is 8.22. The maximum absolute atomic E-state index is 11.8. The van der Waals surface area contributed by atoms with Crippen molar-refractivity contribution in [3.05, 3.63) is 32.7 Å². The number of halogens is 2. The third-order valence-electron chi connectivity index (χ3n) is 2.18. The van der Waals surface area contributed by atoms with Crippen LogP contribution in [0.4, 0.5) is 0 Å². The average molecular weight is 381 g/mol. The van der Waals surface area contributed by atoms with Gasteiger partial charge in [-0.15, -0.1) is 0 Å². The number of nitrogens with one attached hydrogen (secondary N) is 1. The summed E-state index contributed by atoms with van der Waals surface area (Å²) in [6.45, 7) is 0.748. The lowest BCUT2D eigenvalue weighted by atomic mass is 10.1. The van der Waals surface area contributed by atoms with Crippen LogP contribution < -0.4 is 5.32 Å². The minimum atomic E-state index is -1.99. The summed E-state index contributed by atoms with van der Waals surface area (Å²) in [6, 6.07) is 4.95. The van der Waals surface area contributed by atoms with Gasteiger partial charge >= 0.3 is 5.97 Å². The van der Waals surface area contributed by atoms with Crippen molar-refractivity contribution in [2.75, 3.05) is 6.54 Å². The molecule has 1 atom stereocenters. The van der Waals surface area contributed by atoms with Gasteiger partial charge in [-0.05, 0) is 25.1 Å². The molecule has 7 heteroatoms. The molecule has 0 aliphatic carbocycles. The van der Waals surface area contributed by atoms with Gasteiger partial charge < -0.3 is 15.5 Å². The Morgan fingerprint density at radius 2 is 1.78 bits per heavy atom. The van der Waals surface area contributed by atoms with E-state index in [1.54, 1.807) is 18.2 Å². The van der Waals surface area contributed by atoms with E-state index in [2.05, 4.69) is 37.2 Å². The van der Waals surface area contributed by atoms with Gasteiger partial charge in [0.2, 0.25) is 0 Å². The van der Waals surface area contributed by atoms with Gasteiger partial charge in [0.25, 0.3) is 5.91 Å². The average Bonchev–Trinajstić information content (AvgIpc) is 2.24.